The molecule has 1 amide bonds. The standard InChI is InChI=1S/C20H21Cl2N3O5/c1-13(14-2-7-18(21)19(22)10-14)24-8-9-29-17(12-24)11-23-20(26)30-16-5-3-15(4-6-16)25(27)28/h2-7,10,13,17H,8-9,11-12H2,1H3,(H,23,26)/t13?,17-/m0/s1. The summed E-state index contributed by atoms with van der Waals surface area (Å²) in [7, 11) is 0. The van der Waals surface area contributed by atoms with Gasteiger partial charge in [0.1, 0.15) is 5.75 Å². The molecule has 0 spiro atoms. The van der Waals surface area contributed by atoms with Crippen molar-refractivity contribution in [3.05, 3.63) is 68.2 Å². The lowest BCUT2D eigenvalue weighted by molar-refractivity contribution is -0.384. The molecule has 1 fully saturated rings. The van der Waals surface area contributed by atoms with Gasteiger partial charge in [-0.05, 0) is 36.8 Å². The van der Waals surface area contributed by atoms with Gasteiger partial charge < -0.3 is 14.8 Å². The van der Waals surface area contributed by atoms with Crippen molar-refractivity contribution in [3.63, 3.8) is 0 Å². The number of nitrogens with zero attached hydrogens (tertiary/aromatic N) is 2. The number of non-ortho nitro benzene ring substituents is 1. The lowest BCUT2D eigenvalue weighted by atomic mass is 10.1. The molecule has 1 N–H and O–H groups in total. The lowest BCUT2D eigenvalue weighted by Gasteiger charge is -2.37. The van der Waals surface area contributed by atoms with Crippen LogP contribution in [0.4, 0.5) is 10.5 Å². The average molecular weight is 454 g/mol. The van der Waals surface area contributed by atoms with E-state index in [1.165, 1.54) is 24.3 Å². The first-order chi connectivity index (χ1) is 14.3. The number of amides is 1. The van der Waals surface area contributed by atoms with Crippen molar-refractivity contribution in [1.82, 2.24) is 10.2 Å². The Morgan fingerprint density at radius 3 is 2.70 bits per heavy atom. The van der Waals surface area contributed by atoms with Crippen LogP contribution in [-0.4, -0.2) is 48.3 Å². The zero-order valence-electron chi connectivity index (χ0n) is 16.2. The Bertz CT molecular complexity index is 910. The second-order valence-corrected chi connectivity index (χ2v) is 7.67. The number of nitro benzene ring substituents is 1. The van der Waals surface area contributed by atoms with Crippen LogP contribution < -0.4 is 10.1 Å². The van der Waals surface area contributed by atoms with Crippen LogP contribution in [0.5, 0.6) is 5.75 Å². The van der Waals surface area contributed by atoms with E-state index in [0.717, 1.165) is 12.1 Å². The van der Waals surface area contributed by atoms with E-state index in [9.17, 15) is 14.9 Å². The van der Waals surface area contributed by atoms with Crippen molar-refractivity contribution in [2.24, 2.45) is 0 Å². The SMILES string of the molecule is CC(c1ccc(Cl)c(Cl)c1)N1CCO[C@@H](CNC(=O)Oc2ccc([N+](=O)[O-])cc2)C1. The zero-order valence-corrected chi connectivity index (χ0v) is 17.7. The van der Waals surface area contributed by atoms with Gasteiger partial charge in [-0.15, -0.1) is 0 Å². The fraction of sp³-hybridized carbons (Fsp3) is 0.350. The van der Waals surface area contributed by atoms with Crippen LogP contribution in [0, 0.1) is 10.1 Å². The minimum absolute atomic E-state index is 0.0745. The van der Waals surface area contributed by atoms with Gasteiger partial charge in [0.15, 0.2) is 0 Å². The number of ether oxygens (including phenoxy) is 2. The Morgan fingerprint density at radius 2 is 2.03 bits per heavy atom. The molecular weight excluding hydrogens is 433 g/mol. The highest BCUT2D eigenvalue weighted by molar-refractivity contribution is 6.42. The summed E-state index contributed by atoms with van der Waals surface area (Å²) in [5, 5.41) is 14.4. The number of rotatable bonds is 6. The summed E-state index contributed by atoms with van der Waals surface area (Å²) in [6, 6.07) is 11.0. The first kappa shape index (κ1) is 22.3. The third-order valence-corrected chi connectivity index (χ3v) is 5.62. The second-order valence-electron chi connectivity index (χ2n) is 6.86. The third kappa shape index (κ3) is 5.82. The highest BCUT2D eigenvalue weighted by atomic mass is 35.5. The van der Waals surface area contributed by atoms with Crippen molar-refractivity contribution in [2.75, 3.05) is 26.2 Å². The van der Waals surface area contributed by atoms with Gasteiger partial charge in [-0.3, -0.25) is 15.0 Å². The van der Waals surface area contributed by atoms with Crippen molar-refractivity contribution in [1.29, 1.82) is 0 Å². The zero-order chi connectivity index (χ0) is 21.7. The Morgan fingerprint density at radius 1 is 1.30 bits per heavy atom. The van der Waals surface area contributed by atoms with Gasteiger partial charge in [0, 0.05) is 37.8 Å². The van der Waals surface area contributed by atoms with Gasteiger partial charge in [0.05, 0.1) is 27.7 Å². The van der Waals surface area contributed by atoms with Gasteiger partial charge >= 0.3 is 6.09 Å². The molecule has 2 atom stereocenters. The van der Waals surface area contributed by atoms with Crippen molar-refractivity contribution < 1.29 is 19.2 Å². The maximum atomic E-state index is 12.0. The van der Waals surface area contributed by atoms with E-state index in [2.05, 4.69) is 17.1 Å². The first-order valence-corrected chi connectivity index (χ1v) is 10.1. The van der Waals surface area contributed by atoms with Crippen LogP contribution in [-0.2, 0) is 4.74 Å². The summed E-state index contributed by atoms with van der Waals surface area (Å²) < 4.78 is 10.9. The number of benzene rings is 2. The molecule has 0 aromatic heterocycles. The molecule has 0 radical (unpaired) electrons. The minimum atomic E-state index is -0.651. The van der Waals surface area contributed by atoms with E-state index in [-0.39, 0.29) is 30.1 Å². The van der Waals surface area contributed by atoms with Crippen LogP contribution in [0.2, 0.25) is 10.0 Å². The van der Waals surface area contributed by atoms with E-state index in [1.807, 2.05) is 12.1 Å². The topological polar surface area (TPSA) is 93.9 Å². The summed E-state index contributed by atoms with van der Waals surface area (Å²) >= 11 is 12.1. The molecule has 160 valence electrons. The average Bonchev–Trinajstić information content (AvgIpc) is 2.74. The fourth-order valence-corrected chi connectivity index (χ4v) is 3.48. The molecule has 2 aromatic rings. The van der Waals surface area contributed by atoms with E-state index < -0.39 is 11.0 Å². The maximum absolute atomic E-state index is 12.0. The van der Waals surface area contributed by atoms with Crippen LogP contribution >= 0.6 is 23.2 Å². The molecule has 1 aliphatic heterocycles. The summed E-state index contributed by atoms with van der Waals surface area (Å²) in [6.45, 7) is 4.27. The molecule has 2 aromatic carbocycles. The van der Waals surface area contributed by atoms with Gasteiger partial charge in [-0.25, -0.2) is 4.79 Å². The quantitative estimate of drug-likeness (QED) is 0.512. The Hall–Kier alpha value is -2.39. The molecule has 0 bridgehead atoms. The molecule has 1 saturated heterocycles. The normalized spacial score (nSPS) is 17.9. The fourth-order valence-electron chi connectivity index (χ4n) is 3.18. The van der Waals surface area contributed by atoms with E-state index in [0.29, 0.717) is 23.2 Å². The van der Waals surface area contributed by atoms with Crippen LogP contribution in [0.15, 0.2) is 42.5 Å². The Balaban J connectivity index is 1.50. The van der Waals surface area contributed by atoms with Crippen LogP contribution in [0.3, 0.4) is 0 Å². The Kier molecular flexibility index (Phi) is 7.49. The summed E-state index contributed by atoms with van der Waals surface area (Å²) in [5.74, 6) is 0.220. The van der Waals surface area contributed by atoms with Gasteiger partial charge in [-0.1, -0.05) is 29.3 Å². The smallest absolute Gasteiger partial charge is 0.410 e. The predicted octanol–water partition coefficient (Wildman–Crippen LogP) is 4.45. The predicted molar refractivity (Wildman–Crippen MR) is 113 cm³/mol. The van der Waals surface area contributed by atoms with Crippen LogP contribution in [0.25, 0.3) is 0 Å². The number of hydrogen-bond acceptors (Lipinski definition) is 6. The number of nitro groups is 1. The maximum Gasteiger partial charge on any atom is 0.412 e. The molecule has 3 rings (SSSR count). The largest absolute Gasteiger partial charge is 0.412 e. The number of hydrogen-bond donors (Lipinski definition) is 1. The van der Waals surface area contributed by atoms with Gasteiger partial charge in [0.2, 0.25) is 0 Å². The Labute approximate surface area is 183 Å². The second kappa shape index (κ2) is 10.1. The number of carbonyl (C=O) groups is 1. The van der Waals surface area contributed by atoms with E-state index >= 15 is 0 Å². The molecule has 1 heterocycles. The van der Waals surface area contributed by atoms with Gasteiger partial charge in [-0.2, -0.15) is 0 Å². The number of carbonyl (C=O) groups excluding carboxylic acids is 1. The molecule has 0 aliphatic carbocycles. The molecule has 1 aliphatic rings. The van der Waals surface area contributed by atoms with E-state index in [4.69, 9.17) is 32.7 Å². The number of nitrogens with one attached hydrogen (secondary N) is 1. The molecule has 0 saturated carbocycles. The first-order valence-electron chi connectivity index (χ1n) is 9.34. The van der Waals surface area contributed by atoms with Crippen LogP contribution in [0.1, 0.15) is 18.5 Å². The van der Waals surface area contributed by atoms with Gasteiger partial charge in [0.25, 0.3) is 5.69 Å². The highest BCUT2D eigenvalue weighted by Gasteiger charge is 2.25. The molecule has 30 heavy (non-hydrogen) atoms. The molecule has 1 unspecified atom stereocenters. The molecule has 8 nitrogen and oxygen atoms in total. The molecular formula is C20H21Cl2N3O5. The summed E-state index contributed by atoms with van der Waals surface area (Å²) in [5.41, 5.74) is 0.977. The third-order valence-electron chi connectivity index (χ3n) is 4.88. The number of halogens is 2. The highest BCUT2D eigenvalue weighted by Crippen LogP contribution is 2.29. The van der Waals surface area contributed by atoms with Crippen molar-refractivity contribution in [3.8, 4) is 5.75 Å². The summed E-state index contributed by atoms with van der Waals surface area (Å²) in [4.78, 5) is 24.4. The summed E-state index contributed by atoms with van der Waals surface area (Å²) in [6.07, 6.45) is -0.851. The van der Waals surface area contributed by atoms with E-state index in [1.54, 1.807) is 6.07 Å². The number of morpholine rings is 1. The lowest BCUT2D eigenvalue weighted by Crippen LogP contribution is -2.48. The van der Waals surface area contributed by atoms with Crippen molar-refractivity contribution >= 4 is 35.0 Å². The molecule has 10 heteroatoms. The minimum Gasteiger partial charge on any atom is -0.410 e. The van der Waals surface area contributed by atoms with Crippen molar-refractivity contribution in [2.45, 2.75) is 19.1 Å². The monoisotopic (exact) mass is 453 g/mol.